The minimum Gasteiger partial charge on any atom is -0.377 e. The number of nitrogens with two attached hydrogens (primary N) is 1. The minimum absolute atomic E-state index is 0.0448. The molecule has 0 radical (unpaired) electrons. The Bertz CT molecular complexity index is 513. The van der Waals surface area contributed by atoms with Gasteiger partial charge in [0.2, 0.25) is 11.9 Å². The number of aromatic nitrogens is 2. The maximum Gasteiger partial charge on any atom is 0.245 e. The van der Waals surface area contributed by atoms with Crippen molar-refractivity contribution in [2.45, 2.75) is 25.9 Å². The van der Waals surface area contributed by atoms with Crippen LogP contribution in [0.3, 0.4) is 0 Å². The smallest absolute Gasteiger partial charge is 0.245 e. The van der Waals surface area contributed by atoms with Crippen LogP contribution in [0.25, 0.3) is 0 Å². The lowest BCUT2D eigenvalue weighted by Crippen LogP contribution is -2.55. The Morgan fingerprint density at radius 3 is 3.05 bits per heavy atom. The average Bonchev–Trinajstić information content (AvgIpc) is 2.47. The molecule has 0 aromatic carbocycles. The second kappa shape index (κ2) is 6.88. The number of nitrogens with zero attached hydrogens (tertiary/aromatic N) is 3. The molecule has 1 saturated heterocycles. The van der Waals surface area contributed by atoms with Gasteiger partial charge in [-0.25, -0.2) is 10.8 Å². The van der Waals surface area contributed by atoms with Gasteiger partial charge in [0, 0.05) is 12.6 Å². The molecule has 1 aliphatic heterocycles. The lowest BCUT2D eigenvalue weighted by molar-refractivity contribution is -0.125. The fourth-order valence-electron chi connectivity index (χ4n) is 2.08. The average molecular weight is 315 g/mol. The van der Waals surface area contributed by atoms with E-state index in [9.17, 15) is 4.79 Å². The Kier molecular flexibility index (Phi) is 5.16. The molecule has 1 amide bonds. The molecule has 21 heavy (non-hydrogen) atoms. The molecule has 2 heterocycles. The van der Waals surface area contributed by atoms with E-state index in [4.69, 9.17) is 22.2 Å². The first-order valence-corrected chi connectivity index (χ1v) is 7.04. The van der Waals surface area contributed by atoms with Crippen molar-refractivity contribution in [3.05, 3.63) is 11.2 Å². The second-order valence-electron chi connectivity index (χ2n) is 4.96. The van der Waals surface area contributed by atoms with Gasteiger partial charge in [-0.3, -0.25) is 10.2 Å². The quantitative estimate of drug-likeness (QED) is 0.536. The number of anilines is 2. The maximum atomic E-state index is 12.3. The van der Waals surface area contributed by atoms with Crippen LogP contribution in [0.4, 0.5) is 11.8 Å². The van der Waals surface area contributed by atoms with Crippen LogP contribution in [0.5, 0.6) is 0 Å². The summed E-state index contributed by atoms with van der Waals surface area (Å²) in [6.45, 7) is 5.10. The first-order chi connectivity index (χ1) is 10.0. The fourth-order valence-corrected chi connectivity index (χ4v) is 2.28. The van der Waals surface area contributed by atoms with Crippen molar-refractivity contribution in [1.82, 2.24) is 15.3 Å². The summed E-state index contributed by atoms with van der Waals surface area (Å²) in [6.07, 6.45) is 1.45. The third kappa shape index (κ3) is 3.72. The maximum absolute atomic E-state index is 12.3. The van der Waals surface area contributed by atoms with Gasteiger partial charge < -0.3 is 15.0 Å². The molecule has 0 spiro atoms. The van der Waals surface area contributed by atoms with Crippen molar-refractivity contribution in [2.24, 2.45) is 5.84 Å². The number of hydrogen-bond donors (Lipinski definition) is 3. The molecule has 8 nitrogen and oxygen atoms in total. The lowest BCUT2D eigenvalue weighted by atomic mass is 10.2. The van der Waals surface area contributed by atoms with Crippen LogP contribution < -0.4 is 21.5 Å². The molecule has 1 aromatic rings. The van der Waals surface area contributed by atoms with Gasteiger partial charge in [0.25, 0.3) is 0 Å². The largest absolute Gasteiger partial charge is 0.377 e. The van der Waals surface area contributed by atoms with E-state index in [1.54, 1.807) is 0 Å². The highest BCUT2D eigenvalue weighted by atomic mass is 35.5. The third-order valence-electron chi connectivity index (χ3n) is 2.99. The zero-order valence-electron chi connectivity index (χ0n) is 12.0. The standard InChI is InChI=1S/C12H19ClN6O2/c1-7(2)16-11(20)9-6-21-4-3-19(9)10-8(13)5-15-12(17-10)18-14/h5,7,9H,3-4,6,14H2,1-2H3,(H,16,20)(H,15,17,18). The molecule has 1 unspecified atom stereocenters. The number of carbonyl (C=O) groups is 1. The number of nitrogen functional groups attached to an aromatic ring is 1. The van der Waals surface area contributed by atoms with E-state index in [2.05, 4.69) is 20.7 Å². The van der Waals surface area contributed by atoms with Gasteiger partial charge in [-0.05, 0) is 13.8 Å². The summed E-state index contributed by atoms with van der Waals surface area (Å²) in [5.41, 5.74) is 2.37. The first-order valence-electron chi connectivity index (χ1n) is 6.67. The van der Waals surface area contributed by atoms with Crippen LogP contribution in [0.2, 0.25) is 5.02 Å². The molecule has 4 N–H and O–H groups in total. The molecule has 2 rings (SSSR count). The van der Waals surface area contributed by atoms with Gasteiger partial charge in [-0.1, -0.05) is 11.6 Å². The van der Waals surface area contributed by atoms with Crippen molar-refractivity contribution >= 4 is 29.3 Å². The first kappa shape index (κ1) is 15.7. The molecule has 0 aliphatic carbocycles. The van der Waals surface area contributed by atoms with E-state index < -0.39 is 6.04 Å². The normalized spacial score (nSPS) is 18.7. The highest BCUT2D eigenvalue weighted by Crippen LogP contribution is 2.26. The second-order valence-corrected chi connectivity index (χ2v) is 5.36. The Morgan fingerprint density at radius 2 is 2.38 bits per heavy atom. The number of carbonyl (C=O) groups excluding carboxylic acids is 1. The van der Waals surface area contributed by atoms with E-state index in [1.165, 1.54) is 6.20 Å². The summed E-state index contributed by atoms with van der Waals surface area (Å²) in [5.74, 6) is 5.90. The van der Waals surface area contributed by atoms with Crippen LogP contribution >= 0.6 is 11.6 Å². The van der Waals surface area contributed by atoms with Crippen LogP contribution in [-0.2, 0) is 9.53 Å². The van der Waals surface area contributed by atoms with Gasteiger partial charge in [0.1, 0.15) is 11.1 Å². The Labute approximate surface area is 128 Å². The van der Waals surface area contributed by atoms with E-state index in [-0.39, 0.29) is 24.5 Å². The van der Waals surface area contributed by atoms with Crippen LogP contribution in [0.15, 0.2) is 6.20 Å². The predicted octanol–water partition coefficient (Wildman–Crippen LogP) is 0.145. The highest BCUT2D eigenvalue weighted by molar-refractivity contribution is 6.32. The Morgan fingerprint density at radius 1 is 1.62 bits per heavy atom. The third-order valence-corrected chi connectivity index (χ3v) is 3.26. The summed E-state index contributed by atoms with van der Waals surface area (Å²) < 4.78 is 5.40. The molecule has 1 fully saturated rings. The summed E-state index contributed by atoms with van der Waals surface area (Å²) in [4.78, 5) is 22.3. The topological polar surface area (TPSA) is 105 Å². The van der Waals surface area contributed by atoms with E-state index in [0.29, 0.717) is 24.0 Å². The number of rotatable bonds is 4. The molecule has 116 valence electrons. The molecule has 1 aromatic heterocycles. The van der Waals surface area contributed by atoms with E-state index in [0.717, 1.165) is 0 Å². The van der Waals surface area contributed by atoms with Crippen LogP contribution in [-0.4, -0.2) is 47.7 Å². The zero-order chi connectivity index (χ0) is 15.4. The van der Waals surface area contributed by atoms with Gasteiger partial charge >= 0.3 is 0 Å². The van der Waals surface area contributed by atoms with Crippen molar-refractivity contribution in [1.29, 1.82) is 0 Å². The van der Waals surface area contributed by atoms with Crippen LogP contribution in [0.1, 0.15) is 13.8 Å². The number of hydrazine groups is 1. The van der Waals surface area contributed by atoms with E-state index >= 15 is 0 Å². The fraction of sp³-hybridized carbons (Fsp3) is 0.583. The highest BCUT2D eigenvalue weighted by Gasteiger charge is 2.32. The van der Waals surface area contributed by atoms with Crippen LogP contribution in [0, 0.1) is 0 Å². The molecular formula is C12H19ClN6O2. The van der Waals surface area contributed by atoms with E-state index in [1.807, 2.05) is 18.7 Å². The Hall–Kier alpha value is -1.64. The number of amides is 1. The van der Waals surface area contributed by atoms with Crippen molar-refractivity contribution < 1.29 is 9.53 Å². The van der Waals surface area contributed by atoms with Gasteiger partial charge in [0.05, 0.1) is 19.4 Å². The number of ether oxygens (including phenoxy) is 1. The summed E-state index contributed by atoms with van der Waals surface area (Å²) in [5, 5.41) is 3.23. The summed E-state index contributed by atoms with van der Waals surface area (Å²) in [7, 11) is 0. The summed E-state index contributed by atoms with van der Waals surface area (Å²) >= 11 is 6.15. The number of nitrogens with one attached hydrogen (secondary N) is 2. The Balaban J connectivity index is 2.28. The zero-order valence-corrected chi connectivity index (χ0v) is 12.7. The van der Waals surface area contributed by atoms with Crippen molar-refractivity contribution in [3.63, 3.8) is 0 Å². The molecule has 9 heteroatoms. The molecule has 1 atom stereocenters. The summed E-state index contributed by atoms with van der Waals surface area (Å²) in [6, 6.07) is -0.442. The van der Waals surface area contributed by atoms with Crippen molar-refractivity contribution in [3.8, 4) is 0 Å². The SMILES string of the molecule is CC(C)NC(=O)C1COCCN1c1nc(NN)ncc1Cl. The number of hydrogen-bond acceptors (Lipinski definition) is 7. The van der Waals surface area contributed by atoms with Gasteiger partial charge in [0.15, 0.2) is 5.82 Å². The lowest BCUT2D eigenvalue weighted by Gasteiger charge is -2.36. The number of morpholine rings is 1. The minimum atomic E-state index is -0.487. The molecule has 1 aliphatic rings. The molecular weight excluding hydrogens is 296 g/mol. The monoisotopic (exact) mass is 314 g/mol. The number of halogens is 1. The predicted molar refractivity (Wildman–Crippen MR) is 80.1 cm³/mol. The van der Waals surface area contributed by atoms with Gasteiger partial charge in [-0.2, -0.15) is 4.98 Å². The van der Waals surface area contributed by atoms with Crippen molar-refractivity contribution in [2.75, 3.05) is 30.1 Å². The van der Waals surface area contributed by atoms with Gasteiger partial charge in [-0.15, -0.1) is 0 Å². The molecule has 0 bridgehead atoms. The molecule has 0 saturated carbocycles.